The van der Waals surface area contributed by atoms with Gasteiger partial charge in [-0.05, 0) is 18.3 Å². The molecule has 0 heterocycles. The predicted octanol–water partition coefficient (Wildman–Crippen LogP) is 3.09. The lowest BCUT2D eigenvalue weighted by atomic mass is 10.1. The van der Waals surface area contributed by atoms with Crippen LogP contribution in [0.1, 0.15) is 5.56 Å². The lowest BCUT2D eigenvalue weighted by Gasteiger charge is -2.15. The minimum atomic E-state index is -4.73. The van der Waals surface area contributed by atoms with Crippen molar-refractivity contribution >= 4 is 28.7 Å². The summed E-state index contributed by atoms with van der Waals surface area (Å²) in [5, 5.41) is 15.4. The van der Waals surface area contributed by atoms with Crippen molar-refractivity contribution < 1.29 is 18.1 Å². The lowest BCUT2D eigenvalue weighted by molar-refractivity contribution is -0.385. The summed E-state index contributed by atoms with van der Waals surface area (Å²) >= 11 is 4.80. The van der Waals surface area contributed by atoms with E-state index in [1.807, 2.05) is 0 Å². The summed E-state index contributed by atoms with van der Waals surface area (Å²) in [6, 6.07) is 2.38. The molecule has 108 valence electrons. The van der Waals surface area contributed by atoms with E-state index in [2.05, 4.69) is 17.2 Å². The molecular weight excluding hydrogens is 295 g/mol. The van der Waals surface area contributed by atoms with Gasteiger partial charge in [0.25, 0.3) is 5.69 Å². The van der Waals surface area contributed by atoms with Crippen LogP contribution in [0.4, 0.5) is 24.5 Å². The number of non-ortho nitro benzene ring substituents is 1. The van der Waals surface area contributed by atoms with Gasteiger partial charge in [-0.2, -0.15) is 13.2 Å². The number of nitrogens with zero attached hydrogens (tertiary/aromatic N) is 1. The third kappa shape index (κ3) is 4.19. The molecule has 1 rings (SSSR count). The average Bonchev–Trinajstić information content (AvgIpc) is 2.35. The van der Waals surface area contributed by atoms with Gasteiger partial charge in [-0.25, -0.2) is 0 Å². The topological polar surface area (TPSA) is 67.2 Å². The Labute approximate surface area is 117 Å². The molecule has 2 N–H and O–H groups in total. The van der Waals surface area contributed by atoms with Crippen molar-refractivity contribution in [1.82, 2.24) is 5.32 Å². The summed E-state index contributed by atoms with van der Waals surface area (Å²) in [4.78, 5) is 9.63. The van der Waals surface area contributed by atoms with E-state index in [1.165, 1.54) is 6.08 Å². The fourth-order valence-electron chi connectivity index (χ4n) is 1.32. The molecule has 0 aromatic heterocycles. The smallest absolute Gasteiger partial charge is 0.359 e. The van der Waals surface area contributed by atoms with Gasteiger partial charge in [-0.3, -0.25) is 10.1 Å². The maximum absolute atomic E-state index is 12.9. The van der Waals surface area contributed by atoms with E-state index in [-0.39, 0.29) is 17.3 Å². The number of nitro benzene ring substituents is 1. The van der Waals surface area contributed by atoms with Crippen LogP contribution in [0.3, 0.4) is 0 Å². The minimum Gasteiger partial charge on any atom is -0.359 e. The number of hydrogen-bond acceptors (Lipinski definition) is 3. The van der Waals surface area contributed by atoms with Gasteiger partial charge in [0.1, 0.15) is 0 Å². The highest BCUT2D eigenvalue weighted by Gasteiger charge is 2.35. The van der Waals surface area contributed by atoms with E-state index in [4.69, 9.17) is 12.2 Å². The molecule has 0 saturated carbocycles. The molecular formula is C11H10F3N3O2S. The summed E-state index contributed by atoms with van der Waals surface area (Å²) in [6.07, 6.45) is -3.25. The first-order valence-corrected chi connectivity index (χ1v) is 5.68. The molecule has 9 heteroatoms. The van der Waals surface area contributed by atoms with Gasteiger partial charge >= 0.3 is 6.18 Å². The van der Waals surface area contributed by atoms with Crippen LogP contribution in [0.25, 0.3) is 0 Å². The largest absolute Gasteiger partial charge is 0.418 e. The summed E-state index contributed by atoms with van der Waals surface area (Å²) < 4.78 is 38.6. The van der Waals surface area contributed by atoms with Gasteiger partial charge < -0.3 is 10.6 Å². The SMILES string of the molecule is C=CCNC(=S)Nc1ccc([N+](=O)[O-])cc1C(F)(F)F. The van der Waals surface area contributed by atoms with Crippen LogP contribution in [-0.2, 0) is 6.18 Å². The fraction of sp³-hybridized carbons (Fsp3) is 0.182. The first-order chi connectivity index (χ1) is 9.25. The van der Waals surface area contributed by atoms with Crippen LogP contribution in [-0.4, -0.2) is 16.6 Å². The molecule has 1 aromatic rings. The molecule has 0 aliphatic heterocycles. The van der Waals surface area contributed by atoms with Crippen molar-refractivity contribution in [3.05, 3.63) is 46.5 Å². The van der Waals surface area contributed by atoms with Crippen LogP contribution >= 0.6 is 12.2 Å². The predicted molar refractivity (Wildman–Crippen MR) is 72.5 cm³/mol. The highest BCUT2D eigenvalue weighted by atomic mass is 32.1. The molecule has 0 amide bonds. The molecule has 5 nitrogen and oxygen atoms in total. The average molecular weight is 305 g/mol. The minimum absolute atomic E-state index is 0.0377. The number of thiocarbonyl (C=S) groups is 1. The molecule has 0 spiro atoms. The van der Waals surface area contributed by atoms with E-state index < -0.39 is 22.4 Å². The summed E-state index contributed by atoms with van der Waals surface area (Å²) in [5.74, 6) is 0. The second-order valence-corrected chi connectivity index (χ2v) is 4.02. The Kier molecular flexibility index (Phi) is 5.03. The molecule has 0 bridgehead atoms. The van der Waals surface area contributed by atoms with Crippen molar-refractivity contribution in [3.63, 3.8) is 0 Å². The molecule has 0 saturated heterocycles. The summed E-state index contributed by atoms with van der Waals surface area (Å²) in [7, 11) is 0. The number of benzene rings is 1. The number of halogens is 3. The molecule has 20 heavy (non-hydrogen) atoms. The van der Waals surface area contributed by atoms with E-state index in [1.54, 1.807) is 0 Å². The first kappa shape index (κ1) is 15.9. The lowest BCUT2D eigenvalue weighted by Crippen LogP contribution is -2.29. The molecule has 0 fully saturated rings. The molecule has 0 atom stereocenters. The number of alkyl halides is 3. The van der Waals surface area contributed by atoms with Crippen molar-refractivity contribution in [2.75, 3.05) is 11.9 Å². The third-order valence-corrected chi connectivity index (χ3v) is 2.42. The van der Waals surface area contributed by atoms with E-state index in [0.717, 1.165) is 12.1 Å². The van der Waals surface area contributed by atoms with Crippen LogP contribution in [0, 0.1) is 10.1 Å². The first-order valence-electron chi connectivity index (χ1n) is 5.27. The van der Waals surface area contributed by atoms with Crippen molar-refractivity contribution in [3.8, 4) is 0 Å². The Morgan fingerprint density at radius 3 is 2.65 bits per heavy atom. The number of anilines is 1. The quantitative estimate of drug-likeness (QED) is 0.387. The Hall–Kier alpha value is -2.16. The Balaban J connectivity index is 3.09. The monoisotopic (exact) mass is 305 g/mol. The van der Waals surface area contributed by atoms with Crippen LogP contribution in [0.5, 0.6) is 0 Å². The third-order valence-electron chi connectivity index (χ3n) is 2.17. The maximum Gasteiger partial charge on any atom is 0.418 e. The molecule has 1 aromatic carbocycles. The highest BCUT2D eigenvalue weighted by Crippen LogP contribution is 2.37. The van der Waals surface area contributed by atoms with Gasteiger partial charge in [0.15, 0.2) is 5.11 Å². The number of hydrogen-bond donors (Lipinski definition) is 2. The Morgan fingerprint density at radius 1 is 1.50 bits per heavy atom. The Morgan fingerprint density at radius 2 is 2.15 bits per heavy atom. The second kappa shape index (κ2) is 6.33. The van der Waals surface area contributed by atoms with Gasteiger partial charge in [0.2, 0.25) is 0 Å². The van der Waals surface area contributed by atoms with Crippen molar-refractivity contribution in [2.45, 2.75) is 6.18 Å². The van der Waals surface area contributed by atoms with E-state index >= 15 is 0 Å². The van der Waals surface area contributed by atoms with Crippen molar-refractivity contribution in [2.24, 2.45) is 0 Å². The Bertz CT molecular complexity index is 546. The van der Waals surface area contributed by atoms with Crippen molar-refractivity contribution in [1.29, 1.82) is 0 Å². The zero-order valence-corrected chi connectivity index (χ0v) is 10.8. The summed E-state index contributed by atoms with van der Waals surface area (Å²) in [6.45, 7) is 3.70. The molecule has 0 aliphatic carbocycles. The number of nitrogens with one attached hydrogen (secondary N) is 2. The fourth-order valence-corrected chi connectivity index (χ4v) is 1.51. The normalized spacial score (nSPS) is 10.8. The molecule has 0 aliphatic rings. The summed E-state index contributed by atoms with van der Waals surface area (Å²) in [5.41, 5.74) is -2.16. The van der Waals surface area contributed by atoms with Gasteiger partial charge in [-0.1, -0.05) is 6.08 Å². The van der Waals surface area contributed by atoms with Gasteiger partial charge in [-0.15, -0.1) is 6.58 Å². The zero-order chi connectivity index (χ0) is 15.3. The van der Waals surface area contributed by atoms with Gasteiger partial charge in [0, 0.05) is 18.7 Å². The highest BCUT2D eigenvalue weighted by molar-refractivity contribution is 7.80. The molecule has 0 unspecified atom stereocenters. The number of rotatable bonds is 4. The van der Waals surface area contributed by atoms with Crippen LogP contribution in [0.2, 0.25) is 0 Å². The van der Waals surface area contributed by atoms with Crippen LogP contribution in [0.15, 0.2) is 30.9 Å². The van der Waals surface area contributed by atoms with Crippen LogP contribution < -0.4 is 10.6 Å². The standard InChI is InChI=1S/C11H10F3N3O2S/c1-2-5-15-10(20)16-9-4-3-7(17(18)19)6-8(9)11(12,13)14/h2-4,6H,1,5H2,(H2,15,16,20). The zero-order valence-electron chi connectivity index (χ0n) is 10.0. The van der Waals surface area contributed by atoms with E-state index in [9.17, 15) is 23.3 Å². The van der Waals surface area contributed by atoms with Gasteiger partial charge in [0.05, 0.1) is 16.2 Å². The van der Waals surface area contributed by atoms with E-state index in [0.29, 0.717) is 6.07 Å². The number of nitro groups is 1. The molecule has 0 radical (unpaired) electrons. The second-order valence-electron chi connectivity index (χ2n) is 3.61. The maximum atomic E-state index is 12.9.